The molecule has 0 spiro atoms. The smallest absolute Gasteiger partial charge is 0.240 e. The molecule has 0 amide bonds. The highest BCUT2D eigenvalue weighted by Gasteiger charge is 2.13. The third-order valence-corrected chi connectivity index (χ3v) is 3.95. The fourth-order valence-corrected chi connectivity index (χ4v) is 2.37. The Balaban J connectivity index is 2.63. The van der Waals surface area contributed by atoms with Crippen LogP contribution in [-0.2, 0) is 10.0 Å². The Bertz CT molecular complexity index is 460. The fraction of sp³-hybridized carbons (Fsp3) is 0.455. The van der Waals surface area contributed by atoms with E-state index in [1.807, 2.05) is 18.9 Å². The summed E-state index contributed by atoms with van der Waals surface area (Å²) in [6.45, 7) is 3.98. The molecule has 0 heterocycles. The number of benzene rings is 1. The molecule has 0 bridgehead atoms. The maximum absolute atomic E-state index is 11.9. The van der Waals surface area contributed by atoms with Crippen molar-refractivity contribution in [3.63, 3.8) is 0 Å². The maximum atomic E-state index is 11.9. The van der Waals surface area contributed by atoms with E-state index >= 15 is 0 Å². The van der Waals surface area contributed by atoms with Crippen LogP contribution < -0.4 is 10.5 Å². The summed E-state index contributed by atoms with van der Waals surface area (Å²) in [5.41, 5.74) is 6.00. The molecular formula is C11H19N3O2S. The summed E-state index contributed by atoms with van der Waals surface area (Å²) in [6, 6.07) is 6.26. The van der Waals surface area contributed by atoms with Crippen LogP contribution in [0.15, 0.2) is 29.2 Å². The van der Waals surface area contributed by atoms with Crippen LogP contribution in [0.4, 0.5) is 5.69 Å². The van der Waals surface area contributed by atoms with Crippen LogP contribution in [-0.4, -0.2) is 40.0 Å². The van der Waals surface area contributed by atoms with Crippen molar-refractivity contribution < 1.29 is 8.42 Å². The van der Waals surface area contributed by atoms with Gasteiger partial charge in [0.15, 0.2) is 0 Å². The lowest BCUT2D eigenvalue weighted by Crippen LogP contribution is -2.32. The standard InChI is InChI=1S/C11H19N3O2S/c1-3-14(2)8-7-13-17(15,16)11-6-4-5-10(12)9-11/h4-6,9,13H,3,7-8,12H2,1-2H3. The first-order valence-electron chi connectivity index (χ1n) is 5.49. The molecule has 1 aromatic rings. The molecule has 0 atom stereocenters. The van der Waals surface area contributed by atoms with Gasteiger partial charge in [0, 0.05) is 18.8 Å². The van der Waals surface area contributed by atoms with Gasteiger partial charge >= 0.3 is 0 Å². The molecule has 0 saturated heterocycles. The molecule has 3 N–H and O–H groups in total. The molecule has 5 nitrogen and oxygen atoms in total. The number of nitrogens with one attached hydrogen (secondary N) is 1. The van der Waals surface area contributed by atoms with E-state index in [2.05, 4.69) is 4.72 Å². The quantitative estimate of drug-likeness (QED) is 0.728. The lowest BCUT2D eigenvalue weighted by atomic mass is 10.3. The first kappa shape index (κ1) is 14.0. The Morgan fingerprint density at radius 1 is 1.41 bits per heavy atom. The fourth-order valence-electron chi connectivity index (χ4n) is 1.29. The predicted octanol–water partition coefficient (Wildman–Crippen LogP) is 0.499. The molecule has 0 aliphatic rings. The monoisotopic (exact) mass is 257 g/mol. The minimum Gasteiger partial charge on any atom is -0.399 e. The van der Waals surface area contributed by atoms with Gasteiger partial charge in [0.1, 0.15) is 0 Å². The van der Waals surface area contributed by atoms with Crippen LogP contribution in [0.25, 0.3) is 0 Å². The van der Waals surface area contributed by atoms with E-state index in [9.17, 15) is 8.42 Å². The summed E-state index contributed by atoms with van der Waals surface area (Å²) in [6.07, 6.45) is 0. The van der Waals surface area contributed by atoms with Crippen LogP contribution in [0, 0.1) is 0 Å². The van der Waals surface area contributed by atoms with Crippen molar-refractivity contribution in [2.45, 2.75) is 11.8 Å². The molecule has 0 fully saturated rings. The second kappa shape index (κ2) is 6.00. The number of nitrogens with two attached hydrogens (primary N) is 1. The molecule has 17 heavy (non-hydrogen) atoms. The number of sulfonamides is 1. The largest absolute Gasteiger partial charge is 0.399 e. The van der Waals surface area contributed by atoms with E-state index in [0.717, 1.165) is 6.54 Å². The summed E-state index contributed by atoms with van der Waals surface area (Å²) in [5, 5.41) is 0. The molecule has 0 aliphatic heterocycles. The van der Waals surface area contributed by atoms with E-state index in [1.165, 1.54) is 12.1 Å². The highest BCUT2D eigenvalue weighted by Crippen LogP contribution is 2.12. The van der Waals surface area contributed by atoms with Gasteiger partial charge in [0.25, 0.3) is 0 Å². The number of likely N-dealkylation sites (N-methyl/N-ethyl adjacent to an activating group) is 1. The first-order valence-corrected chi connectivity index (χ1v) is 6.98. The average Bonchev–Trinajstić information content (AvgIpc) is 2.28. The molecule has 0 unspecified atom stereocenters. The van der Waals surface area contributed by atoms with E-state index in [4.69, 9.17) is 5.73 Å². The van der Waals surface area contributed by atoms with Crippen molar-refractivity contribution in [3.8, 4) is 0 Å². The molecule has 0 aliphatic carbocycles. The zero-order chi connectivity index (χ0) is 12.9. The molecule has 1 rings (SSSR count). The van der Waals surface area contributed by atoms with E-state index < -0.39 is 10.0 Å². The van der Waals surface area contributed by atoms with E-state index in [1.54, 1.807) is 12.1 Å². The number of nitrogens with zero attached hydrogens (tertiary/aromatic N) is 1. The highest BCUT2D eigenvalue weighted by molar-refractivity contribution is 7.89. The van der Waals surface area contributed by atoms with Gasteiger partial charge in [0.2, 0.25) is 10.0 Å². The first-order chi connectivity index (χ1) is 7.95. The van der Waals surface area contributed by atoms with Gasteiger partial charge in [-0.2, -0.15) is 0 Å². The van der Waals surface area contributed by atoms with Gasteiger partial charge in [-0.05, 0) is 31.8 Å². The minimum absolute atomic E-state index is 0.205. The van der Waals surface area contributed by atoms with Crippen molar-refractivity contribution in [3.05, 3.63) is 24.3 Å². The Kier molecular flexibility index (Phi) is 4.92. The number of anilines is 1. The Labute approximate surface area is 103 Å². The molecule has 96 valence electrons. The minimum atomic E-state index is -3.44. The molecule has 0 saturated carbocycles. The Morgan fingerprint density at radius 2 is 2.12 bits per heavy atom. The molecule has 6 heteroatoms. The number of hydrogen-bond donors (Lipinski definition) is 2. The van der Waals surface area contributed by atoms with Gasteiger partial charge in [-0.3, -0.25) is 0 Å². The number of hydrogen-bond acceptors (Lipinski definition) is 4. The van der Waals surface area contributed by atoms with Gasteiger partial charge in [-0.1, -0.05) is 13.0 Å². The topological polar surface area (TPSA) is 75.4 Å². The predicted molar refractivity (Wildman–Crippen MR) is 69.2 cm³/mol. The normalized spacial score (nSPS) is 11.9. The van der Waals surface area contributed by atoms with Crippen LogP contribution in [0.5, 0.6) is 0 Å². The van der Waals surface area contributed by atoms with Crippen molar-refractivity contribution in [2.24, 2.45) is 0 Å². The highest BCUT2D eigenvalue weighted by atomic mass is 32.2. The van der Waals surface area contributed by atoms with Gasteiger partial charge in [-0.15, -0.1) is 0 Å². The van der Waals surface area contributed by atoms with Crippen LogP contribution in [0.1, 0.15) is 6.92 Å². The lowest BCUT2D eigenvalue weighted by molar-refractivity contribution is 0.358. The molecular weight excluding hydrogens is 238 g/mol. The van der Waals surface area contributed by atoms with E-state index in [-0.39, 0.29) is 4.90 Å². The van der Waals surface area contributed by atoms with Gasteiger partial charge in [-0.25, -0.2) is 13.1 Å². The van der Waals surface area contributed by atoms with Crippen molar-refractivity contribution in [2.75, 3.05) is 32.4 Å². The van der Waals surface area contributed by atoms with Crippen LogP contribution in [0.2, 0.25) is 0 Å². The molecule has 0 aromatic heterocycles. The SMILES string of the molecule is CCN(C)CCNS(=O)(=O)c1cccc(N)c1. The van der Waals surface area contributed by atoms with Crippen molar-refractivity contribution in [1.29, 1.82) is 0 Å². The lowest BCUT2D eigenvalue weighted by Gasteiger charge is -2.14. The average molecular weight is 257 g/mol. The zero-order valence-electron chi connectivity index (χ0n) is 10.2. The van der Waals surface area contributed by atoms with Crippen molar-refractivity contribution >= 4 is 15.7 Å². The number of nitrogen functional groups attached to an aromatic ring is 1. The maximum Gasteiger partial charge on any atom is 0.240 e. The van der Waals surface area contributed by atoms with Gasteiger partial charge < -0.3 is 10.6 Å². The third-order valence-electron chi connectivity index (χ3n) is 2.49. The Morgan fingerprint density at radius 3 is 2.71 bits per heavy atom. The van der Waals surface area contributed by atoms with E-state index in [0.29, 0.717) is 18.8 Å². The van der Waals surface area contributed by atoms with Crippen LogP contribution >= 0.6 is 0 Å². The molecule has 0 radical (unpaired) electrons. The summed E-state index contributed by atoms with van der Waals surface area (Å²) in [5.74, 6) is 0. The summed E-state index contributed by atoms with van der Waals surface area (Å²) < 4.78 is 26.3. The second-order valence-electron chi connectivity index (χ2n) is 3.87. The second-order valence-corrected chi connectivity index (χ2v) is 5.63. The summed E-state index contributed by atoms with van der Waals surface area (Å²) in [7, 11) is -1.50. The summed E-state index contributed by atoms with van der Waals surface area (Å²) >= 11 is 0. The number of rotatable bonds is 6. The molecule has 1 aromatic carbocycles. The van der Waals surface area contributed by atoms with Gasteiger partial charge in [0.05, 0.1) is 4.90 Å². The Hall–Kier alpha value is -1.11. The zero-order valence-corrected chi connectivity index (χ0v) is 11.0. The van der Waals surface area contributed by atoms with Crippen LogP contribution in [0.3, 0.4) is 0 Å². The third kappa shape index (κ3) is 4.33. The van der Waals surface area contributed by atoms with Crippen molar-refractivity contribution in [1.82, 2.24) is 9.62 Å². The summed E-state index contributed by atoms with van der Waals surface area (Å²) in [4.78, 5) is 2.23.